The third-order valence-electron chi connectivity index (χ3n) is 3.27. The van der Waals surface area contributed by atoms with Crippen molar-refractivity contribution >= 4 is 17.9 Å². The second-order valence-electron chi connectivity index (χ2n) is 4.98. The highest BCUT2D eigenvalue weighted by molar-refractivity contribution is 6.12. The molecule has 5 nitrogen and oxygen atoms in total. The molecule has 0 saturated carbocycles. The van der Waals surface area contributed by atoms with Crippen LogP contribution in [0.1, 0.15) is 16.7 Å². The van der Waals surface area contributed by atoms with Gasteiger partial charge in [-0.05, 0) is 42.0 Å². The number of benzene rings is 2. The zero-order chi connectivity index (χ0) is 17.8. The number of aliphatic imine (C=N–C) groups is 1. The number of carbonyl (C=O) groups excluding carboxylic acids is 1. The number of alkyl halides is 2. The van der Waals surface area contributed by atoms with Gasteiger partial charge in [-0.1, -0.05) is 18.2 Å². The summed E-state index contributed by atoms with van der Waals surface area (Å²) in [6.07, 6.45) is 1.51. The third kappa shape index (κ3) is 3.87. The van der Waals surface area contributed by atoms with E-state index in [1.54, 1.807) is 30.3 Å². The maximum Gasteiger partial charge on any atom is 0.387 e. The largest absolute Gasteiger partial charge is 0.435 e. The number of rotatable bonds is 4. The first-order valence-corrected chi connectivity index (χ1v) is 7.13. The quantitative estimate of drug-likeness (QED) is 0.631. The lowest BCUT2D eigenvalue weighted by Gasteiger charge is -2.05. The fourth-order valence-electron chi connectivity index (χ4n) is 2.15. The van der Waals surface area contributed by atoms with E-state index in [4.69, 9.17) is 10.00 Å². The van der Waals surface area contributed by atoms with Gasteiger partial charge in [-0.2, -0.15) is 14.0 Å². The minimum atomic E-state index is -2.95. The van der Waals surface area contributed by atoms with Crippen LogP contribution in [0.4, 0.5) is 8.78 Å². The number of nitrogens with zero attached hydrogens (tertiary/aromatic N) is 2. The number of nitriles is 1. The molecule has 1 aliphatic heterocycles. The Labute approximate surface area is 141 Å². The molecule has 2 aromatic rings. The highest BCUT2D eigenvalue weighted by atomic mass is 19.3. The molecule has 0 amide bonds. The molecule has 1 heterocycles. The SMILES string of the molecule is N#Cc1ccc(/C=C2/N=C(c3cccc(OC(F)F)c3)OC2=O)cc1. The Morgan fingerprint density at radius 1 is 1.20 bits per heavy atom. The van der Waals surface area contributed by atoms with E-state index in [1.165, 1.54) is 24.3 Å². The van der Waals surface area contributed by atoms with Crippen molar-refractivity contribution in [2.24, 2.45) is 4.99 Å². The Balaban J connectivity index is 1.87. The van der Waals surface area contributed by atoms with Crippen molar-refractivity contribution in [2.45, 2.75) is 6.61 Å². The van der Waals surface area contributed by atoms with Crippen LogP contribution in [0.2, 0.25) is 0 Å². The highest BCUT2D eigenvalue weighted by Crippen LogP contribution is 2.22. The lowest BCUT2D eigenvalue weighted by molar-refractivity contribution is -0.129. The summed E-state index contributed by atoms with van der Waals surface area (Å²) in [5.41, 5.74) is 1.58. The van der Waals surface area contributed by atoms with Gasteiger partial charge in [-0.3, -0.25) is 0 Å². The molecule has 0 atom stereocenters. The average molecular weight is 340 g/mol. The Kier molecular flexibility index (Phi) is 4.53. The minimum Gasteiger partial charge on any atom is -0.435 e. The number of esters is 1. The standard InChI is InChI=1S/C18H10F2N2O3/c19-18(20)24-14-3-1-2-13(9-14)16-22-15(17(23)25-16)8-11-4-6-12(10-21)7-5-11/h1-9,18H/b15-8+. The van der Waals surface area contributed by atoms with Crippen molar-refractivity contribution < 1.29 is 23.0 Å². The molecule has 2 aromatic carbocycles. The van der Waals surface area contributed by atoms with Gasteiger partial charge in [0.25, 0.3) is 0 Å². The molecule has 0 saturated heterocycles. The van der Waals surface area contributed by atoms with Gasteiger partial charge >= 0.3 is 12.6 Å². The molecule has 0 N–H and O–H groups in total. The molecule has 25 heavy (non-hydrogen) atoms. The summed E-state index contributed by atoms with van der Waals surface area (Å²) in [5.74, 6) is -0.708. The molecule has 0 fully saturated rings. The zero-order valence-electron chi connectivity index (χ0n) is 12.6. The van der Waals surface area contributed by atoms with Gasteiger partial charge in [0.2, 0.25) is 5.90 Å². The van der Waals surface area contributed by atoms with Crippen LogP contribution in [-0.4, -0.2) is 18.5 Å². The van der Waals surface area contributed by atoms with Crippen LogP contribution in [0.25, 0.3) is 6.08 Å². The molecule has 0 aliphatic carbocycles. The van der Waals surface area contributed by atoms with E-state index in [2.05, 4.69) is 9.73 Å². The van der Waals surface area contributed by atoms with Gasteiger partial charge in [-0.25, -0.2) is 9.79 Å². The molecular formula is C18H10F2N2O3. The lowest BCUT2D eigenvalue weighted by Crippen LogP contribution is -2.07. The first-order chi connectivity index (χ1) is 12.0. The van der Waals surface area contributed by atoms with Gasteiger partial charge in [-0.15, -0.1) is 0 Å². The fourth-order valence-corrected chi connectivity index (χ4v) is 2.15. The van der Waals surface area contributed by atoms with E-state index in [9.17, 15) is 13.6 Å². The highest BCUT2D eigenvalue weighted by Gasteiger charge is 2.24. The van der Waals surface area contributed by atoms with Crippen LogP contribution in [0.15, 0.2) is 59.2 Å². The van der Waals surface area contributed by atoms with Crippen LogP contribution >= 0.6 is 0 Å². The van der Waals surface area contributed by atoms with Crippen molar-refractivity contribution in [2.75, 3.05) is 0 Å². The first-order valence-electron chi connectivity index (χ1n) is 7.13. The summed E-state index contributed by atoms with van der Waals surface area (Å²) in [7, 11) is 0. The second-order valence-corrected chi connectivity index (χ2v) is 4.98. The van der Waals surface area contributed by atoms with E-state index in [1.807, 2.05) is 6.07 Å². The molecule has 7 heteroatoms. The van der Waals surface area contributed by atoms with Crippen molar-refractivity contribution in [3.05, 3.63) is 70.9 Å². The molecule has 0 bridgehead atoms. The summed E-state index contributed by atoms with van der Waals surface area (Å²) in [6.45, 7) is -2.95. The predicted molar refractivity (Wildman–Crippen MR) is 84.8 cm³/mol. The van der Waals surface area contributed by atoms with Crippen LogP contribution in [-0.2, 0) is 9.53 Å². The minimum absolute atomic E-state index is 0.00427. The topological polar surface area (TPSA) is 71.7 Å². The predicted octanol–water partition coefficient (Wildman–Crippen LogP) is 3.50. The number of cyclic esters (lactones) is 1. The van der Waals surface area contributed by atoms with Crippen LogP contribution < -0.4 is 4.74 Å². The van der Waals surface area contributed by atoms with Crippen molar-refractivity contribution in [3.8, 4) is 11.8 Å². The molecule has 3 rings (SSSR count). The summed E-state index contributed by atoms with van der Waals surface area (Å²) >= 11 is 0. The normalized spacial score (nSPS) is 15.0. The third-order valence-corrected chi connectivity index (χ3v) is 3.27. The Hall–Kier alpha value is -3.53. The van der Waals surface area contributed by atoms with Crippen LogP contribution in [0.5, 0.6) is 5.75 Å². The van der Waals surface area contributed by atoms with Crippen LogP contribution in [0, 0.1) is 11.3 Å². The summed E-state index contributed by atoms with van der Waals surface area (Å²) in [4.78, 5) is 16.0. The van der Waals surface area contributed by atoms with E-state index in [-0.39, 0.29) is 17.3 Å². The monoisotopic (exact) mass is 340 g/mol. The molecule has 0 radical (unpaired) electrons. The van der Waals surface area contributed by atoms with Crippen LogP contribution in [0.3, 0.4) is 0 Å². The maximum atomic E-state index is 12.3. The second kappa shape index (κ2) is 6.93. The zero-order valence-corrected chi connectivity index (χ0v) is 12.6. The van der Waals surface area contributed by atoms with Gasteiger partial charge < -0.3 is 9.47 Å². The molecular weight excluding hydrogens is 330 g/mol. The van der Waals surface area contributed by atoms with Gasteiger partial charge in [0.05, 0.1) is 11.6 Å². The van der Waals surface area contributed by atoms with Crippen molar-refractivity contribution in [1.82, 2.24) is 0 Å². The Bertz CT molecular complexity index is 913. The number of carbonyl (C=O) groups is 1. The summed E-state index contributed by atoms with van der Waals surface area (Å²) < 4.78 is 34.0. The van der Waals surface area contributed by atoms with Gasteiger partial charge in [0.15, 0.2) is 5.70 Å². The van der Waals surface area contributed by atoms with Crippen molar-refractivity contribution in [1.29, 1.82) is 5.26 Å². The molecule has 0 spiro atoms. The number of hydrogen-bond acceptors (Lipinski definition) is 5. The fraction of sp³-hybridized carbons (Fsp3) is 0.0556. The van der Waals surface area contributed by atoms with E-state index in [0.29, 0.717) is 16.7 Å². The molecule has 0 aromatic heterocycles. The Morgan fingerprint density at radius 2 is 1.96 bits per heavy atom. The number of halogens is 2. The number of hydrogen-bond donors (Lipinski definition) is 0. The molecule has 124 valence electrons. The van der Waals surface area contributed by atoms with E-state index in [0.717, 1.165) is 0 Å². The molecule has 0 unspecified atom stereocenters. The average Bonchev–Trinajstić information content (AvgIpc) is 2.96. The molecule has 1 aliphatic rings. The van der Waals surface area contributed by atoms with Crippen molar-refractivity contribution in [3.63, 3.8) is 0 Å². The Morgan fingerprint density at radius 3 is 2.64 bits per heavy atom. The maximum absolute atomic E-state index is 12.3. The van der Waals surface area contributed by atoms with Gasteiger partial charge in [0.1, 0.15) is 5.75 Å². The first kappa shape index (κ1) is 16.3. The summed E-state index contributed by atoms with van der Waals surface area (Å²) in [5, 5.41) is 8.77. The lowest BCUT2D eigenvalue weighted by atomic mass is 10.1. The van der Waals surface area contributed by atoms with Gasteiger partial charge in [0, 0.05) is 5.56 Å². The van der Waals surface area contributed by atoms with E-state index >= 15 is 0 Å². The summed E-state index contributed by atoms with van der Waals surface area (Å²) in [6, 6.07) is 14.3. The number of ether oxygens (including phenoxy) is 2. The van der Waals surface area contributed by atoms with E-state index < -0.39 is 12.6 Å². The smallest absolute Gasteiger partial charge is 0.387 e.